The Kier molecular flexibility index (Phi) is 6.26. The maximum atomic E-state index is 12.3. The molecule has 0 radical (unpaired) electrons. The Morgan fingerprint density at radius 3 is 2.55 bits per heavy atom. The Morgan fingerprint density at radius 1 is 1.40 bits per heavy atom. The number of ether oxygens (including phenoxy) is 1. The van der Waals surface area contributed by atoms with Gasteiger partial charge in [-0.15, -0.1) is 0 Å². The molecule has 0 aliphatic carbocycles. The zero-order valence-corrected chi connectivity index (χ0v) is 13.5. The Balaban J connectivity index is 2.94. The zero-order valence-electron chi connectivity index (χ0n) is 11.9. The minimum Gasteiger partial charge on any atom is -0.398 e. The van der Waals surface area contributed by atoms with Gasteiger partial charge in [-0.3, -0.25) is 0 Å². The van der Waals surface area contributed by atoms with E-state index in [9.17, 15) is 8.42 Å². The van der Waals surface area contributed by atoms with Crippen molar-refractivity contribution in [3.8, 4) is 0 Å². The van der Waals surface area contributed by atoms with Crippen molar-refractivity contribution in [3.63, 3.8) is 0 Å². The molecule has 0 saturated carbocycles. The fourth-order valence-corrected chi connectivity index (χ4v) is 3.19. The van der Waals surface area contributed by atoms with Crippen molar-refractivity contribution < 1.29 is 13.2 Å². The lowest BCUT2D eigenvalue weighted by Crippen LogP contribution is -2.41. The highest BCUT2D eigenvalue weighted by molar-refractivity contribution is 7.89. The van der Waals surface area contributed by atoms with Crippen molar-refractivity contribution in [1.82, 2.24) is 4.72 Å². The van der Waals surface area contributed by atoms with Crippen LogP contribution in [0.3, 0.4) is 0 Å². The van der Waals surface area contributed by atoms with Gasteiger partial charge in [0.1, 0.15) is 0 Å². The fraction of sp³-hybridized carbons (Fsp3) is 0.538. The molecule has 1 aromatic rings. The van der Waals surface area contributed by atoms with Gasteiger partial charge in [-0.25, -0.2) is 13.1 Å². The van der Waals surface area contributed by atoms with E-state index >= 15 is 0 Å². The molecular weight excluding hydrogens is 300 g/mol. The summed E-state index contributed by atoms with van der Waals surface area (Å²) in [6.07, 6.45) is 0. The first-order valence-electron chi connectivity index (χ1n) is 6.43. The molecule has 3 N–H and O–H groups in total. The molecule has 0 aromatic heterocycles. The predicted octanol–water partition coefficient (Wildman–Crippen LogP) is 2.26. The van der Waals surface area contributed by atoms with Crippen LogP contribution >= 0.6 is 11.6 Å². The maximum Gasteiger partial charge on any atom is 0.240 e. The number of nitrogens with two attached hydrogens (primary N) is 1. The molecule has 1 atom stereocenters. The van der Waals surface area contributed by atoms with Crippen molar-refractivity contribution in [3.05, 3.63) is 23.2 Å². The van der Waals surface area contributed by atoms with Gasteiger partial charge in [0.2, 0.25) is 10.0 Å². The number of halogens is 1. The van der Waals surface area contributed by atoms with Gasteiger partial charge in [-0.1, -0.05) is 25.4 Å². The van der Waals surface area contributed by atoms with Gasteiger partial charge in [0.05, 0.1) is 22.2 Å². The van der Waals surface area contributed by atoms with Crippen molar-refractivity contribution in [2.75, 3.05) is 18.9 Å². The molecule has 0 fully saturated rings. The maximum absolute atomic E-state index is 12.3. The minimum atomic E-state index is -3.64. The molecule has 0 saturated heterocycles. The highest BCUT2D eigenvalue weighted by Gasteiger charge is 2.23. The summed E-state index contributed by atoms with van der Waals surface area (Å²) in [4.78, 5) is 0.0962. The summed E-state index contributed by atoms with van der Waals surface area (Å²) in [5, 5.41) is 0.221. The SMILES string of the molecule is CCOCC(NS(=O)(=O)c1ccc(N)c(Cl)c1)C(C)C. The second-order valence-corrected chi connectivity index (χ2v) is 6.94. The number of nitrogen functional groups attached to an aromatic ring is 1. The first-order valence-corrected chi connectivity index (χ1v) is 8.29. The van der Waals surface area contributed by atoms with Gasteiger partial charge in [-0.05, 0) is 31.0 Å². The summed E-state index contributed by atoms with van der Waals surface area (Å²) in [5.74, 6) is 0.112. The van der Waals surface area contributed by atoms with Crippen LogP contribution in [-0.4, -0.2) is 27.7 Å². The Hall–Kier alpha value is -0.820. The van der Waals surface area contributed by atoms with E-state index in [1.165, 1.54) is 18.2 Å². The Morgan fingerprint density at radius 2 is 2.05 bits per heavy atom. The van der Waals surface area contributed by atoms with E-state index in [1.807, 2.05) is 20.8 Å². The molecule has 0 aliphatic rings. The second kappa shape index (κ2) is 7.26. The highest BCUT2D eigenvalue weighted by Crippen LogP contribution is 2.22. The van der Waals surface area contributed by atoms with Crippen molar-refractivity contribution in [1.29, 1.82) is 0 Å². The van der Waals surface area contributed by atoms with Gasteiger partial charge in [0.15, 0.2) is 0 Å². The monoisotopic (exact) mass is 320 g/mol. The van der Waals surface area contributed by atoms with E-state index in [0.717, 1.165) is 0 Å². The third kappa shape index (κ3) is 4.63. The van der Waals surface area contributed by atoms with Crippen molar-refractivity contribution in [2.45, 2.75) is 31.7 Å². The Bertz CT molecular complexity index is 547. The average molecular weight is 321 g/mol. The van der Waals surface area contributed by atoms with Crippen LogP contribution in [-0.2, 0) is 14.8 Å². The number of hydrogen-bond acceptors (Lipinski definition) is 4. The van der Waals surface area contributed by atoms with Gasteiger partial charge in [-0.2, -0.15) is 0 Å². The molecular formula is C13H21ClN2O3S. The number of hydrogen-bond donors (Lipinski definition) is 2. The van der Waals surface area contributed by atoms with E-state index in [0.29, 0.717) is 18.9 Å². The van der Waals surface area contributed by atoms with E-state index in [-0.39, 0.29) is 21.9 Å². The quantitative estimate of drug-likeness (QED) is 0.755. The molecule has 7 heteroatoms. The number of sulfonamides is 1. The van der Waals surface area contributed by atoms with Crippen LogP contribution in [0.4, 0.5) is 5.69 Å². The summed E-state index contributed by atoms with van der Waals surface area (Å²) in [6, 6.07) is 3.96. The van der Waals surface area contributed by atoms with Gasteiger partial charge in [0, 0.05) is 12.6 Å². The summed E-state index contributed by atoms with van der Waals surface area (Å²) >= 11 is 5.86. The third-order valence-electron chi connectivity index (χ3n) is 2.90. The van der Waals surface area contributed by atoms with Gasteiger partial charge in [0.25, 0.3) is 0 Å². The largest absolute Gasteiger partial charge is 0.398 e. The minimum absolute atomic E-state index is 0.0962. The molecule has 1 rings (SSSR count). The van der Waals surface area contributed by atoms with Crippen LogP contribution < -0.4 is 10.5 Å². The van der Waals surface area contributed by atoms with E-state index in [1.54, 1.807) is 0 Å². The van der Waals surface area contributed by atoms with E-state index in [2.05, 4.69) is 4.72 Å². The van der Waals surface area contributed by atoms with Crippen molar-refractivity contribution in [2.24, 2.45) is 5.92 Å². The van der Waals surface area contributed by atoms with Crippen LogP contribution in [0.1, 0.15) is 20.8 Å². The molecule has 0 bridgehead atoms. The summed E-state index contributed by atoms with van der Waals surface area (Å²) < 4.78 is 32.6. The van der Waals surface area contributed by atoms with Gasteiger partial charge >= 0.3 is 0 Å². The van der Waals surface area contributed by atoms with Crippen LogP contribution in [0.2, 0.25) is 5.02 Å². The molecule has 1 aromatic carbocycles. The first-order chi connectivity index (χ1) is 9.27. The van der Waals surface area contributed by atoms with Crippen LogP contribution in [0.25, 0.3) is 0 Å². The number of anilines is 1. The lowest BCUT2D eigenvalue weighted by Gasteiger charge is -2.22. The molecule has 0 heterocycles. The molecule has 1 unspecified atom stereocenters. The topological polar surface area (TPSA) is 81.4 Å². The number of benzene rings is 1. The summed E-state index contributed by atoms with van der Waals surface area (Å²) in [7, 11) is -3.64. The lowest BCUT2D eigenvalue weighted by molar-refractivity contribution is 0.116. The smallest absolute Gasteiger partial charge is 0.240 e. The standard InChI is InChI=1S/C13H21ClN2O3S/c1-4-19-8-13(9(2)3)16-20(17,18)10-5-6-12(15)11(14)7-10/h5-7,9,13,16H,4,8,15H2,1-3H3. The van der Waals surface area contributed by atoms with Crippen LogP contribution in [0, 0.1) is 5.92 Å². The molecule has 0 aliphatic heterocycles. The zero-order chi connectivity index (χ0) is 15.3. The molecule has 0 spiro atoms. The first kappa shape index (κ1) is 17.2. The van der Waals surface area contributed by atoms with Gasteiger partial charge < -0.3 is 10.5 Å². The molecule has 5 nitrogen and oxygen atoms in total. The highest BCUT2D eigenvalue weighted by atomic mass is 35.5. The van der Waals surface area contributed by atoms with Crippen LogP contribution in [0.15, 0.2) is 23.1 Å². The fourth-order valence-electron chi connectivity index (χ4n) is 1.55. The Labute approximate surface area is 125 Å². The predicted molar refractivity (Wildman–Crippen MR) is 81.3 cm³/mol. The molecule has 114 valence electrons. The van der Waals surface area contributed by atoms with E-state index < -0.39 is 10.0 Å². The molecule has 0 amide bonds. The normalized spacial score (nSPS) is 13.7. The summed E-state index contributed by atoms with van der Waals surface area (Å²) in [6.45, 7) is 6.60. The average Bonchev–Trinajstić information content (AvgIpc) is 2.37. The lowest BCUT2D eigenvalue weighted by atomic mass is 10.1. The van der Waals surface area contributed by atoms with E-state index in [4.69, 9.17) is 22.1 Å². The number of nitrogens with one attached hydrogen (secondary N) is 1. The van der Waals surface area contributed by atoms with Crippen LogP contribution in [0.5, 0.6) is 0 Å². The summed E-state index contributed by atoms with van der Waals surface area (Å²) in [5.41, 5.74) is 5.93. The molecule has 20 heavy (non-hydrogen) atoms. The van der Waals surface area contributed by atoms with Crippen molar-refractivity contribution >= 4 is 27.3 Å². The second-order valence-electron chi connectivity index (χ2n) is 4.81. The number of rotatable bonds is 7. The third-order valence-corrected chi connectivity index (χ3v) is 4.71.